The second-order valence-electron chi connectivity index (χ2n) is 8.14. The van der Waals surface area contributed by atoms with Crippen molar-refractivity contribution in [3.8, 4) is 0 Å². The van der Waals surface area contributed by atoms with Crippen molar-refractivity contribution in [2.45, 2.75) is 12.8 Å². The highest BCUT2D eigenvalue weighted by Crippen LogP contribution is 2.21. The Labute approximate surface area is 179 Å². The van der Waals surface area contributed by atoms with E-state index < -0.39 is 9.84 Å². The van der Waals surface area contributed by atoms with Gasteiger partial charge in [0.15, 0.2) is 0 Å². The van der Waals surface area contributed by atoms with E-state index in [4.69, 9.17) is 0 Å². The number of carbonyl (C=O) groups is 2. The minimum absolute atomic E-state index is 0.00996. The topological polar surface area (TPSA) is 78.0 Å². The van der Waals surface area contributed by atoms with E-state index in [0.717, 1.165) is 5.56 Å². The van der Waals surface area contributed by atoms with Crippen LogP contribution >= 0.6 is 0 Å². The fourth-order valence-corrected chi connectivity index (χ4v) is 4.52. The zero-order chi connectivity index (χ0) is 21.6. The molecule has 0 aliphatic carbocycles. The zero-order valence-corrected chi connectivity index (χ0v) is 18.4. The van der Waals surface area contributed by atoms with Crippen LogP contribution in [0.5, 0.6) is 0 Å². The maximum absolute atomic E-state index is 12.9. The first-order valence-corrected chi connectivity index (χ1v) is 12.6. The Morgan fingerprint density at radius 2 is 1.60 bits per heavy atom. The van der Waals surface area contributed by atoms with Crippen molar-refractivity contribution in [1.29, 1.82) is 0 Å². The van der Waals surface area contributed by atoms with Gasteiger partial charge in [0.2, 0.25) is 11.8 Å². The van der Waals surface area contributed by atoms with Crippen molar-refractivity contribution >= 4 is 27.7 Å². The summed E-state index contributed by atoms with van der Waals surface area (Å²) in [4.78, 5) is 31.1. The Morgan fingerprint density at radius 3 is 2.20 bits per heavy atom. The van der Waals surface area contributed by atoms with Crippen LogP contribution in [-0.4, -0.2) is 92.8 Å². The van der Waals surface area contributed by atoms with E-state index in [0.29, 0.717) is 58.7 Å². The number of piperazine rings is 1. The summed E-state index contributed by atoms with van der Waals surface area (Å²) in [6.07, 6.45) is 6.06. The standard InChI is InChI=1S/C22H31N3O4S/c1-30(28,29)18-17-23-13-15-25(16-14-23)22(27)20-9-11-24(12-10-20)21(26)8-7-19-5-3-2-4-6-19/h2-8,20H,9-18H2,1H3/b8-7+. The number of hydrogen-bond donors (Lipinski definition) is 0. The minimum Gasteiger partial charge on any atom is -0.340 e. The third-order valence-electron chi connectivity index (χ3n) is 5.84. The second-order valence-corrected chi connectivity index (χ2v) is 10.4. The van der Waals surface area contributed by atoms with Crippen molar-refractivity contribution in [3.63, 3.8) is 0 Å². The molecule has 0 spiro atoms. The lowest BCUT2D eigenvalue weighted by Crippen LogP contribution is -2.52. The summed E-state index contributed by atoms with van der Waals surface area (Å²) in [6.45, 7) is 4.43. The third kappa shape index (κ3) is 6.67. The fourth-order valence-electron chi connectivity index (χ4n) is 3.93. The Balaban J connectivity index is 1.41. The number of sulfone groups is 1. The highest BCUT2D eigenvalue weighted by atomic mass is 32.2. The van der Waals surface area contributed by atoms with Gasteiger partial charge in [-0.25, -0.2) is 8.42 Å². The van der Waals surface area contributed by atoms with E-state index in [-0.39, 0.29) is 23.5 Å². The van der Waals surface area contributed by atoms with Crippen LogP contribution in [0, 0.1) is 5.92 Å². The van der Waals surface area contributed by atoms with Crippen molar-refractivity contribution in [2.24, 2.45) is 5.92 Å². The normalized spacial score (nSPS) is 19.4. The number of piperidine rings is 1. The molecule has 0 radical (unpaired) electrons. The Morgan fingerprint density at radius 1 is 0.967 bits per heavy atom. The maximum Gasteiger partial charge on any atom is 0.246 e. The Kier molecular flexibility index (Phi) is 7.66. The molecule has 3 rings (SSSR count). The van der Waals surface area contributed by atoms with Crippen molar-refractivity contribution in [1.82, 2.24) is 14.7 Å². The van der Waals surface area contributed by atoms with E-state index in [9.17, 15) is 18.0 Å². The molecule has 0 unspecified atom stereocenters. The molecule has 2 saturated heterocycles. The lowest BCUT2D eigenvalue weighted by atomic mass is 9.95. The van der Waals surface area contributed by atoms with E-state index in [1.165, 1.54) is 6.26 Å². The quantitative estimate of drug-likeness (QED) is 0.629. The van der Waals surface area contributed by atoms with Crippen molar-refractivity contribution in [3.05, 3.63) is 42.0 Å². The number of benzene rings is 1. The van der Waals surface area contributed by atoms with Gasteiger partial charge >= 0.3 is 0 Å². The molecule has 164 valence electrons. The van der Waals surface area contributed by atoms with Crippen LogP contribution in [0.3, 0.4) is 0 Å². The van der Waals surface area contributed by atoms with E-state index in [2.05, 4.69) is 4.90 Å². The van der Waals surface area contributed by atoms with Gasteiger partial charge in [-0.1, -0.05) is 30.3 Å². The first-order valence-electron chi connectivity index (χ1n) is 10.5. The highest BCUT2D eigenvalue weighted by Gasteiger charge is 2.31. The molecule has 2 amide bonds. The molecule has 30 heavy (non-hydrogen) atoms. The smallest absolute Gasteiger partial charge is 0.246 e. The molecule has 0 N–H and O–H groups in total. The molecule has 1 aromatic rings. The van der Waals surface area contributed by atoms with Gasteiger partial charge < -0.3 is 9.80 Å². The Bertz CT molecular complexity index is 854. The highest BCUT2D eigenvalue weighted by molar-refractivity contribution is 7.90. The second kappa shape index (κ2) is 10.2. The van der Waals surface area contributed by atoms with Crippen LogP contribution < -0.4 is 0 Å². The number of rotatable bonds is 6. The summed E-state index contributed by atoms with van der Waals surface area (Å²) in [6, 6.07) is 9.72. The third-order valence-corrected chi connectivity index (χ3v) is 6.76. The molecule has 0 atom stereocenters. The maximum atomic E-state index is 12.9. The summed E-state index contributed by atoms with van der Waals surface area (Å²) in [5.74, 6) is 0.287. The number of likely N-dealkylation sites (tertiary alicyclic amines) is 1. The molecular weight excluding hydrogens is 402 g/mol. The van der Waals surface area contributed by atoms with Crippen molar-refractivity contribution in [2.75, 3.05) is 57.8 Å². The number of hydrogen-bond acceptors (Lipinski definition) is 5. The van der Waals surface area contributed by atoms with Gasteiger partial charge in [0.1, 0.15) is 9.84 Å². The number of nitrogens with zero attached hydrogens (tertiary/aromatic N) is 3. The number of carbonyl (C=O) groups excluding carboxylic acids is 2. The van der Waals surface area contributed by atoms with Crippen LogP contribution in [0.4, 0.5) is 0 Å². The molecule has 0 bridgehead atoms. The fraction of sp³-hybridized carbons (Fsp3) is 0.545. The molecule has 8 heteroatoms. The van der Waals surface area contributed by atoms with Crippen LogP contribution in [0.1, 0.15) is 18.4 Å². The first kappa shape index (κ1) is 22.5. The largest absolute Gasteiger partial charge is 0.340 e. The van der Waals surface area contributed by atoms with Gasteiger partial charge in [-0.2, -0.15) is 0 Å². The van der Waals surface area contributed by atoms with Gasteiger partial charge in [-0.3, -0.25) is 14.5 Å². The molecule has 2 fully saturated rings. The van der Waals surface area contributed by atoms with Gasteiger partial charge in [0.25, 0.3) is 0 Å². The van der Waals surface area contributed by atoms with E-state index in [1.54, 1.807) is 6.08 Å². The van der Waals surface area contributed by atoms with Crippen LogP contribution in [-0.2, 0) is 19.4 Å². The van der Waals surface area contributed by atoms with Gasteiger partial charge in [-0.05, 0) is 24.5 Å². The summed E-state index contributed by atoms with van der Waals surface area (Å²) >= 11 is 0. The summed E-state index contributed by atoms with van der Waals surface area (Å²) in [5.41, 5.74) is 0.992. The predicted octanol–water partition coefficient (Wildman–Crippen LogP) is 1.13. The molecule has 0 saturated carbocycles. The SMILES string of the molecule is CS(=O)(=O)CCN1CCN(C(=O)C2CCN(C(=O)/C=C/c3ccccc3)CC2)CC1. The number of amides is 2. The average Bonchev–Trinajstić information content (AvgIpc) is 2.76. The molecule has 2 aliphatic heterocycles. The predicted molar refractivity (Wildman–Crippen MR) is 118 cm³/mol. The molecule has 0 aromatic heterocycles. The van der Waals surface area contributed by atoms with E-state index in [1.807, 2.05) is 46.2 Å². The van der Waals surface area contributed by atoms with Gasteiger partial charge in [0.05, 0.1) is 5.75 Å². The van der Waals surface area contributed by atoms with Crippen molar-refractivity contribution < 1.29 is 18.0 Å². The zero-order valence-electron chi connectivity index (χ0n) is 17.6. The molecule has 7 nitrogen and oxygen atoms in total. The van der Waals surface area contributed by atoms with Crippen LogP contribution in [0.25, 0.3) is 6.08 Å². The van der Waals surface area contributed by atoms with Crippen LogP contribution in [0.15, 0.2) is 36.4 Å². The lowest BCUT2D eigenvalue weighted by molar-refractivity contribution is -0.140. The minimum atomic E-state index is -2.96. The summed E-state index contributed by atoms with van der Waals surface area (Å²) in [7, 11) is -2.96. The van der Waals surface area contributed by atoms with Gasteiger partial charge in [0, 0.05) is 64.1 Å². The Hall–Kier alpha value is -2.19. The van der Waals surface area contributed by atoms with Crippen LogP contribution in [0.2, 0.25) is 0 Å². The monoisotopic (exact) mass is 433 g/mol. The molecule has 1 aromatic carbocycles. The van der Waals surface area contributed by atoms with Gasteiger partial charge in [-0.15, -0.1) is 0 Å². The van der Waals surface area contributed by atoms with E-state index >= 15 is 0 Å². The average molecular weight is 434 g/mol. The lowest BCUT2D eigenvalue weighted by Gasteiger charge is -2.38. The molecular formula is C22H31N3O4S. The summed E-state index contributed by atoms with van der Waals surface area (Å²) in [5, 5.41) is 0. The summed E-state index contributed by atoms with van der Waals surface area (Å²) < 4.78 is 22.6. The molecule has 2 heterocycles. The first-order chi connectivity index (χ1) is 14.3. The molecule has 2 aliphatic rings.